The predicted molar refractivity (Wildman–Crippen MR) is 141 cm³/mol. The van der Waals surface area contributed by atoms with Crippen molar-refractivity contribution in [2.75, 3.05) is 13.7 Å². The number of hydrogen-bond acceptors (Lipinski definition) is 6. The monoisotopic (exact) mass is 517 g/mol. The second kappa shape index (κ2) is 12.4. The minimum absolute atomic E-state index is 0.184. The zero-order chi connectivity index (χ0) is 28.1. The molecule has 5 unspecified atom stereocenters. The molecule has 1 aromatic carbocycles. The zero-order valence-electron chi connectivity index (χ0n) is 23.6. The van der Waals surface area contributed by atoms with Crippen molar-refractivity contribution in [3.05, 3.63) is 34.9 Å². The van der Waals surface area contributed by atoms with Gasteiger partial charge in [-0.05, 0) is 69.6 Å². The van der Waals surface area contributed by atoms with Gasteiger partial charge in [0.15, 0.2) is 0 Å². The number of aryl methyl sites for hydroxylation is 2. The Morgan fingerprint density at radius 1 is 1.14 bits per heavy atom. The molecule has 0 heterocycles. The molecule has 3 amide bonds. The summed E-state index contributed by atoms with van der Waals surface area (Å²) in [5.74, 6) is -1.45. The number of esters is 1. The maximum atomic E-state index is 14.3. The van der Waals surface area contributed by atoms with E-state index in [0.29, 0.717) is 12.0 Å². The molecule has 0 bridgehead atoms. The first-order chi connectivity index (χ1) is 17.2. The van der Waals surface area contributed by atoms with Gasteiger partial charge >= 0.3 is 12.1 Å². The van der Waals surface area contributed by atoms with Crippen LogP contribution < -0.4 is 10.6 Å². The molecule has 2 rings (SSSR count). The molecular weight excluding hydrogens is 474 g/mol. The van der Waals surface area contributed by atoms with E-state index >= 15 is 0 Å². The Labute approximate surface area is 220 Å². The topological polar surface area (TPSA) is 114 Å². The summed E-state index contributed by atoms with van der Waals surface area (Å²) in [6.07, 6.45) is 0.675. The summed E-state index contributed by atoms with van der Waals surface area (Å²) in [5.41, 5.74) is 1.68. The Morgan fingerprint density at radius 3 is 2.16 bits per heavy atom. The first kappa shape index (κ1) is 30.1. The highest BCUT2D eigenvalue weighted by Crippen LogP contribution is 2.42. The molecule has 0 aromatic heterocycles. The van der Waals surface area contributed by atoms with Crippen LogP contribution in [-0.2, 0) is 23.9 Å². The van der Waals surface area contributed by atoms with E-state index in [2.05, 4.69) is 10.6 Å². The highest BCUT2D eigenvalue weighted by atomic mass is 16.6. The maximum Gasteiger partial charge on any atom is 0.408 e. The number of rotatable bonds is 10. The Kier molecular flexibility index (Phi) is 10.1. The first-order valence-electron chi connectivity index (χ1n) is 12.9. The Bertz CT molecular complexity index is 982. The van der Waals surface area contributed by atoms with E-state index in [1.165, 1.54) is 7.11 Å². The van der Waals surface area contributed by atoms with Gasteiger partial charge in [0.1, 0.15) is 24.2 Å². The van der Waals surface area contributed by atoms with Crippen LogP contribution in [0.15, 0.2) is 18.2 Å². The molecule has 0 radical (unpaired) electrons. The molecule has 206 valence electrons. The number of hydrogen-bond donors (Lipinski definition) is 2. The third-order valence-corrected chi connectivity index (χ3v) is 6.81. The SMILES string of the molecule is CCC(C)C(NC(=O)OC(C)(C)C)C(=O)N(C(C(=O)NCC(=O)OC)c1c(C)cccc1C)C1CC1C. The second-order valence-electron chi connectivity index (χ2n) is 11.0. The van der Waals surface area contributed by atoms with Gasteiger partial charge in [0.25, 0.3) is 0 Å². The lowest BCUT2D eigenvalue weighted by atomic mass is 9.91. The summed E-state index contributed by atoms with van der Waals surface area (Å²) < 4.78 is 10.1. The fraction of sp³-hybridized carbons (Fsp3) is 0.643. The van der Waals surface area contributed by atoms with Crippen LogP contribution in [0.25, 0.3) is 0 Å². The lowest BCUT2D eigenvalue weighted by Crippen LogP contribution is -2.56. The summed E-state index contributed by atoms with van der Waals surface area (Å²) in [6.45, 7) is 14.6. The molecule has 1 aliphatic carbocycles. The first-order valence-corrected chi connectivity index (χ1v) is 12.9. The van der Waals surface area contributed by atoms with Crippen molar-refractivity contribution < 1.29 is 28.7 Å². The average molecular weight is 518 g/mol. The van der Waals surface area contributed by atoms with Gasteiger partial charge in [0.2, 0.25) is 11.8 Å². The van der Waals surface area contributed by atoms with Crippen molar-refractivity contribution in [2.24, 2.45) is 11.8 Å². The zero-order valence-corrected chi connectivity index (χ0v) is 23.6. The summed E-state index contributed by atoms with van der Waals surface area (Å²) in [6, 6.07) is 3.62. The number of methoxy groups -OCH3 is 1. The molecule has 37 heavy (non-hydrogen) atoms. The number of amides is 3. The number of carbonyl (C=O) groups excluding carboxylic acids is 4. The van der Waals surface area contributed by atoms with E-state index < -0.39 is 35.7 Å². The highest BCUT2D eigenvalue weighted by Gasteiger charge is 2.49. The van der Waals surface area contributed by atoms with Crippen LogP contribution in [0, 0.1) is 25.7 Å². The second-order valence-corrected chi connectivity index (χ2v) is 11.0. The van der Waals surface area contributed by atoms with Gasteiger partial charge in [0.05, 0.1) is 7.11 Å². The largest absolute Gasteiger partial charge is 0.468 e. The van der Waals surface area contributed by atoms with Crippen LogP contribution in [-0.4, -0.2) is 60.1 Å². The van der Waals surface area contributed by atoms with E-state index in [4.69, 9.17) is 9.47 Å². The van der Waals surface area contributed by atoms with E-state index in [1.54, 1.807) is 25.7 Å². The van der Waals surface area contributed by atoms with Crippen LogP contribution in [0.1, 0.15) is 77.1 Å². The van der Waals surface area contributed by atoms with Crippen LogP contribution in [0.5, 0.6) is 0 Å². The molecular formula is C28H43N3O6. The summed E-state index contributed by atoms with van der Waals surface area (Å²) >= 11 is 0. The number of nitrogens with one attached hydrogen (secondary N) is 2. The van der Waals surface area contributed by atoms with Gasteiger partial charge in [-0.1, -0.05) is 45.4 Å². The summed E-state index contributed by atoms with van der Waals surface area (Å²) in [7, 11) is 1.25. The van der Waals surface area contributed by atoms with Gasteiger partial charge in [-0.25, -0.2) is 4.79 Å². The van der Waals surface area contributed by atoms with E-state index in [-0.39, 0.29) is 30.3 Å². The van der Waals surface area contributed by atoms with Gasteiger partial charge in [0, 0.05) is 6.04 Å². The fourth-order valence-electron chi connectivity index (χ4n) is 4.43. The van der Waals surface area contributed by atoms with Crippen molar-refractivity contribution in [1.29, 1.82) is 0 Å². The van der Waals surface area contributed by atoms with Crippen molar-refractivity contribution in [3.63, 3.8) is 0 Å². The third kappa shape index (κ3) is 7.94. The van der Waals surface area contributed by atoms with Crippen LogP contribution in [0.2, 0.25) is 0 Å². The Balaban J connectivity index is 2.57. The Hall–Kier alpha value is -3.10. The minimum Gasteiger partial charge on any atom is -0.468 e. The molecule has 0 spiro atoms. The lowest BCUT2D eigenvalue weighted by Gasteiger charge is -2.37. The number of nitrogens with zero attached hydrogens (tertiary/aromatic N) is 1. The summed E-state index contributed by atoms with van der Waals surface area (Å²) in [5, 5.41) is 5.43. The summed E-state index contributed by atoms with van der Waals surface area (Å²) in [4.78, 5) is 54.1. The van der Waals surface area contributed by atoms with Crippen LogP contribution >= 0.6 is 0 Å². The molecule has 2 N–H and O–H groups in total. The number of alkyl carbamates (subject to hydrolysis) is 1. The quantitative estimate of drug-likeness (QED) is 0.456. The molecule has 1 saturated carbocycles. The van der Waals surface area contributed by atoms with Crippen molar-refractivity contribution >= 4 is 23.9 Å². The number of ether oxygens (including phenoxy) is 2. The molecule has 0 saturated heterocycles. The average Bonchev–Trinajstić information content (AvgIpc) is 3.53. The molecule has 1 aromatic rings. The normalized spacial score (nSPS) is 19.2. The molecule has 1 fully saturated rings. The third-order valence-electron chi connectivity index (χ3n) is 6.81. The molecule has 9 nitrogen and oxygen atoms in total. The molecule has 9 heteroatoms. The van der Waals surface area contributed by atoms with Crippen molar-refractivity contribution in [1.82, 2.24) is 15.5 Å². The van der Waals surface area contributed by atoms with Crippen LogP contribution in [0.3, 0.4) is 0 Å². The predicted octanol–water partition coefficient (Wildman–Crippen LogP) is 3.81. The molecule has 0 aliphatic heterocycles. The van der Waals surface area contributed by atoms with Crippen molar-refractivity contribution in [3.8, 4) is 0 Å². The van der Waals surface area contributed by atoms with E-state index in [0.717, 1.165) is 17.5 Å². The van der Waals surface area contributed by atoms with Gasteiger partial charge in [-0.3, -0.25) is 14.4 Å². The minimum atomic E-state index is -0.986. The van der Waals surface area contributed by atoms with E-state index in [1.807, 2.05) is 52.8 Å². The van der Waals surface area contributed by atoms with Gasteiger partial charge in [-0.2, -0.15) is 0 Å². The van der Waals surface area contributed by atoms with Crippen LogP contribution in [0.4, 0.5) is 4.79 Å². The Morgan fingerprint density at radius 2 is 1.70 bits per heavy atom. The van der Waals surface area contributed by atoms with Gasteiger partial charge < -0.3 is 25.0 Å². The fourth-order valence-corrected chi connectivity index (χ4v) is 4.43. The van der Waals surface area contributed by atoms with E-state index in [9.17, 15) is 19.2 Å². The standard InChI is InChI=1S/C28H43N3O6/c1-10-16(2)23(30-27(35)37-28(6,7)8)26(34)31(20-14-19(20)5)24(25(33)29-15-21(32)36-9)22-17(3)12-11-13-18(22)4/h11-13,16,19-20,23-24H,10,14-15H2,1-9H3,(H,29,33)(H,30,35). The number of carbonyl (C=O) groups is 4. The molecule has 1 aliphatic rings. The van der Waals surface area contributed by atoms with Gasteiger partial charge in [-0.15, -0.1) is 0 Å². The lowest BCUT2D eigenvalue weighted by molar-refractivity contribution is -0.146. The highest BCUT2D eigenvalue weighted by molar-refractivity contribution is 5.94. The number of benzene rings is 1. The smallest absolute Gasteiger partial charge is 0.408 e. The molecule has 5 atom stereocenters. The maximum absolute atomic E-state index is 14.3. The van der Waals surface area contributed by atoms with Crippen molar-refractivity contribution in [2.45, 2.75) is 92.0 Å².